The highest BCUT2D eigenvalue weighted by Crippen LogP contribution is 2.48. The molecule has 2 aliphatic rings. The van der Waals surface area contributed by atoms with Crippen LogP contribution in [0.2, 0.25) is 0 Å². The standard InChI is InChI=1S/C13H17BrN2O/c14-10-3-9(6-16-7-10)4-13(8-15)5-11-1-2-12(13)17-11/h3,6-7,11-12H,1-2,4-5,8,15H2. The molecule has 3 unspecified atom stereocenters. The van der Waals surface area contributed by atoms with Gasteiger partial charge in [0.1, 0.15) is 0 Å². The molecule has 1 aromatic rings. The summed E-state index contributed by atoms with van der Waals surface area (Å²) in [6.45, 7) is 0.709. The van der Waals surface area contributed by atoms with E-state index in [1.807, 2.05) is 12.4 Å². The molecule has 0 spiro atoms. The maximum Gasteiger partial charge on any atom is 0.0652 e. The molecule has 2 aliphatic heterocycles. The Bertz CT molecular complexity index is 426. The fourth-order valence-electron chi connectivity index (χ4n) is 3.32. The van der Waals surface area contributed by atoms with Crippen molar-refractivity contribution in [3.8, 4) is 0 Å². The van der Waals surface area contributed by atoms with Crippen molar-refractivity contribution in [2.24, 2.45) is 11.1 Å². The maximum atomic E-state index is 6.03. The van der Waals surface area contributed by atoms with E-state index in [-0.39, 0.29) is 5.41 Å². The first kappa shape index (κ1) is 11.6. The Morgan fingerprint density at radius 2 is 2.35 bits per heavy atom. The van der Waals surface area contributed by atoms with Gasteiger partial charge >= 0.3 is 0 Å². The molecule has 2 fully saturated rings. The van der Waals surface area contributed by atoms with E-state index in [0.717, 1.165) is 17.3 Å². The van der Waals surface area contributed by atoms with Crippen LogP contribution in [0.15, 0.2) is 22.9 Å². The van der Waals surface area contributed by atoms with E-state index in [4.69, 9.17) is 10.5 Å². The summed E-state index contributed by atoms with van der Waals surface area (Å²) in [7, 11) is 0. The van der Waals surface area contributed by atoms with Crippen LogP contribution in [0.3, 0.4) is 0 Å². The molecule has 4 heteroatoms. The summed E-state index contributed by atoms with van der Waals surface area (Å²) < 4.78 is 7.00. The number of nitrogens with zero attached hydrogens (tertiary/aromatic N) is 1. The molecule has 17 heavy (non-hydrogen) atoms. The molecular weight excluding hydrogens is 280 g/mol. The topological polar surface area (TPSA) is 48.1 Å². The van der Waals surface area contributed by atoms with Crippen LogP contribution in [0.5, 0.6) is 0 Å². The fraction of sp³-hybridized carbons (Fsp3) is 0.615. The van der Waals surface area contributed by atoms with Gasteiger partial charge in [-0.3, -0.25) is 4.98 Å². The first-order valence-corrected chi connectivity index (χ1v) is 6.96. The van der Waals surface area contributed by atoms with Gasteiger partial charge in [0.15, 0.2) is 0 Å². The van der Waals surface area contributed by atoms with Gasteiger partial charge in [-0.1, -0.05) is 0 Å². The van der Waals surface area contributed by atoms with Crippen molar-refractivity contribution in [2.75, 3.05) is 6.54 Å². The van der Waals surface area contributed by atoms with E-state index in [9.17, 15) is 0 Å². The highest BCUT2D eigenvalue weighted by Gasteiger charge is 2.51. The summed E-state index contributed by atoms with van der Waals surface area (Å²) in [6.07, 6.45) is 9.04. The Morgan fingerprint density at radius 1 is 1.47 bits per heavy atom. The second-order valence-electron chi connectivity index (χ2n) is 5.28. The lowest BCUT2D eigenvalue weighted by atomic mass is 9.70. The minimum Gasteiger partial charge on any atom is -0.374 e. The summed E-state index contributed by atoms with van der Waals surface area (Å²) in [4.78, 5) is 4.23. The van der Waals surface area contributed by atoms with Crippen molar-refractivity contribution in [2.45, 2.75) is 37.9 Å². The van der Waals surface area contributed by atoms with Crippen LogP contribution in [0.1, 0.15) is 24.8 Å². The number of hydrogen-bond donors (Lipinski definition) is 1. The molecule has 0 amide bonds. The number of hydrogen-bond acceptors (Lipinski definition) is 3. The zero-order chi connectivity index (χ0) is 11.9. The lowest BCUT2D eigenvalue weighted by molar-refractivity contribution is 0.0636. The average molecular weight is 297 g/mol. The van der Waals surface area contributed by atoms with Crippen molar-refractivity contribution in [1.82, 2.24) is 4.98 Å². The van der Waals surface area contributed by atoms with Gasteiger partial charge in [-0.25, -0.2) is 0 Å². The monoisotopic (exact) mass is 296 g/mol. The molecule has 92 valence electrons. The highest BCUT2D eigenvalue weighted by molar-refractivity contribution is 9.10. The van der Waals surface area contributed by atoms with Crippen LogP contribution < -0.4 is 5.73 Å². The Morgan fingerprint density at radius 3 is 2.94 bits per heavy atom. The quantitative estimate of drug-likeness (QED) is 0.931. The smallest absolute Gasteiger partial charge is 0.0652 e. The molecule has 0 aliphatic carbocycles. The molecule has 3 heterocycles. The highest BCUT2D eigenvalue weighted by atomic mass is 79.9. The van der Waals surface area contributed by atoms with Gasteiger partial charge in [-0.15, -0.1) is 0 Å². The van der Waals surface area contributed by atoms with Crippen LogP contribution in [0, 0.1) is 5.41 Å². The Balaban J connectivity index is 1.83. The molecule has 0 saturated carbocycles. The molecule has 0 aromatic carbocycles. The Labute approximate surface area is 110 Å². The van der Waals surface area contributed by atoms with E-state index >= 15 is 0 Å². The Kier molecular flexibility index (Phi) is 2.97. The lowest BCUT2D eigenvalue weighted by Crippen LogP contribution is -2.41. The van der Waals surface area contributed by atoms with E-state index in [1.165, 1.54) is 18.4 Å². The van der Waals surface area contributed by atoms with Gasteiger partial charge in [0.25, 0.3) is 0 Å². The summed E-state index contributed by atoms with van der Waals surface area (Å²) in [5.41, 5.74) is 7.42. The normalized spacial score (nSPS) is 35.4. The van der Waals surface area contributed by atoms with Crippen molar-refractivity contribution in [3.63, 3.8) is 0 Å². The first-order chi connectivity index (χ1) is 8.22. The lowest BCUT2D eigenvalue weighted by Gasteiger charge is -2.34. The van der Waals surface area contributed by atoms with Crippen LogP contribution in [-0.2, 0) is 11.2 Å². The van der Waals surface area contributed by atoms with Gasteiger partial charge in [0, 0.05) is 28.8 Å². The molecular formula is C13H17BrN2O. The third-order valence-corrected chi connectivity index (χ3v) is 4.58. The number of aromatic nitrogens is 1. The molecule has 2 bridgehead atoms. The maximum absolute atomic E-state index is 6.03. The van der Waals surface area contributed by atoms with Gasteiger partial charge in [0.05, 0.1) is 12.2 Å². The first-order valence-electron chi connectivity index (χ1n) is 6.17. The van der Waals surface area contributed by atoms with Crippen LogP contribution in [0.4, 0.5) is 0 Å². The fourth-order valence-corrected chi connectivity index (χ4v) is 3.74. The second kappa shape index (κ2) is 4.34. The number of pyridine rings is 1. The van der Waals surface area contributed by atoms with Crippen molar-refractivity contribution in [1.29, 1.82) is 0 Å². The Hall–Kier alpha value is -0.450. The van der Waals surface area contributed by atoms with Crippen molar-refractivity contribution in [3.05, 3.63) is 28.5 Å². The molecule has 3 atom stereocenters. The van der Waals surface area contributed by atoms with Crippen LogP contribution >= 0.6 is 15.9 Å². The molecule has 3 rings (SSSR count). The average Bonchev–Trinajstić information content (AvgIpc) is 2.89. The number of halogens is 1. The van der Waals surface area contributed by atoms with E-state index in [1.54, 1.807) is 0 Å². The number of nitrogens with two attached hydrogens (primary N) is 1. The minimum absolute atomic E-state index is 0.144. The number of ether oxygens (including phenoxy) is 1. The molecule has 3 nitrogen and oxygen atoms in total. The predicted octanol–water partition coefficient (Wildman–Crippen LogP) is 2.28. The predicted molar refractivity (Wildman–Crippen MR) is 69.6 cm³/mol. The molecule has 1 aromatic heterocycles. The van der Waals surface area contributed by atoms with Gasteiger partial charge in [0.2, 0.25) is 0 Å². The number of rotatable bonds is 3. The molecule has 0 radical (unpaired) electrons. The third-order valence-electron chi connectivity index (χ3n) is 4.15. The van der Waals surface area contributed by atoms with Crippen molar-refractivity contribution < 1.29 is 4.74 Å². The third kappa shape index (κ3) is 2.02. The molecule has 2 N–H and O–H groups in total. The van der Waals surface area contributed by atoms with E-state index < -0.39 is 0 Å². The second-order valence-corrected chi connectivity index (χ2v) is 6.20. The van der Waals surface area contributed by atoms with E-state index in [0.29, 0.717) is 18.8 Å². The van der Waals surface area contributed by atoms with Crippen LogP contribution in [-0.4, -0.2) is 23.7 Å². The van der Waals surface area contributed by atoms with Gasteiger partial charge in [-0.05, 0) is 53.2 Å². The van der Waals surface area contributed by atoms with Crippen LogP contribution in [0.25, 0.3) is 0 Å². The van der Waals surface area contributed by atoms with Gasteiger partial charge in [-0.2, -0.15) is 0 Å². The minimum atomic E-state index is 0.144. The summed E-state index contributed by atoms with van der Waals surface area (Å²) in [5.74, 6) is 0. The largest absolute Gasteiger partial charge is 0.374 e. The van der Waals surface area contributed by atoms with Crippen molar-refractivity contribution >= 4 is 15.9 Å². The molecule has 2 saturated heterocycles. The zero-order valence-electron chi connectivity index (χ0n) is 9.73. The SMILES string of the molecule is NCC1(Cc2cncc(Br)c2)CC2CCC1O2. The van der Waals surface area contributed by atoms with Gasteiger partial charge < -0.3 is 10.5 Å². The zero-order valence-corrected chi connectivity index (χ0v) is 11.3. The number of fused-ring (bicyclic) bond motifs is 2. The summed E-state index contributed by atoms with van der Waals surface area (Å²) in [6, 6.07) is 2.14. The summed E-state index contributed by atoms with van der Waals surface area (Å²) >= 11 is 3.47. The van der Waals surface area contributed by atoms with E-state index in [2.05, 4.69) is 27.0 Å². The summed E-state index contributed by atoms with van der Waals surface area (Å²) in [5, 5.41) is 0.